The number of hydrogen-bond donors (Lipinski definition) is 1. The van der Waals surface area contributed by atoms with Crippen molar-refractivity contribution in [3.8, 4) is 5.75 Å². The summed E-state index contributed by atoms with van der Waals surface area (Å²) in [5, 5.41) is 3.39. The zero-order valence-corrected chi connectivity index (χ0v) is 10.8. The van der Waals surface area contributed by atoms with Gasteiger partial charge < -0.3 is 15.0 Å². The first-order valence-electron chi connectivity index (χ1n) is 6.57. The molecule has 1 aromatic carbocycles. The van der Waals surface area contributed by atoms with Crippen LogP contribution in [0.25, 0.3) is 0 Å². The molecule has 96 valence electrons. The van der Waals surface area contributed by atoms with E-state index in [-0.39, 0.29) is 0 Å². The number of hydrogen-bond acceptors (Lipinski definition) is 4. The van der Waals surface area contributed by atoms with E-state index in [0.29, 0.717) is 0 Å². The molecule has 1 N–H and O–H groups in total. The maximum atomic E-state index is 5.51. The molecule has 4 heteroatoms. The van der Waals surface area contributed by atoms with Crippen LogP contribution in [0, 0.1) is 0 Å². The lowest BCUT2D eigenvalue weighted by Gasteiger charge is -2.15. The topological polar surface area (TPSA) is 36.9 Å². The third kappa shape index (κ3) is 2.28. The molecule has 18 heavy (non-hydrogen) atoms. The summed E-state index contributed by atoms with van der Waals surface area (Å²) in [6.07, 6.45) is 2.08. The third-order valence-corrected chi connectivity index (χ3v) is 3.51. The highest BCUT2D eigenvalue weighted by Crippen LogP contribution is 2.25. The van der Waals surface area contributed by atoms with E-state index >= 15 is 0 Å². The number of guanidine groups is 1. The number of fused-ring (bicyclic) bond motifs is 1. The van der Waals surface area contributed by atoms with E-state index in [1.807, 2.05) is 0 Å². The van der Waals surface area contributed by atoms with Crippen molar-refractivity contribution in [2.75, 3.05) is 33.3 Å². The van der Waals surface area contributed by atoms with Crippen LogP contribution in [0.4, 0.5) is 0 Å². The summed E-state index contributed by atoms with van der Waals surface area (Å²) in [6.45, 7) is 3.70. The molecule has 0 aliphatic carbocycles. The van der Waals surface area contributed by atoms with Crippen molar-refractivity contribution in [1.29, 1.82) is 0 Å². The van der Waals surface area contributed by atoms with Gasteiger partial charge in [0.05, 0.1) is 13.2 Å². The Hall–Kier alpha value is -1.71. The van der Waals surface area contributed by atoms with Gasteiger partial charge in [0.15, 0.2) is 5.96 Å². The summed E-state index contributed by atoms with van der Waals surface area (Å²) < 4.78 is 5.51. The van der Waals surface area contributed by atoms with Gasteiger partial charge in [0.25, 0.3) is 0 Å². The standard InChI is InChI=1S/C14H19N3O/c1-17-8-7-16-14(17)15-6-4-11-2-3-13-12(10-11)5-9-18-13/h2-3,10H,4-9H2,1H3,(H,15,16). The maximum absolute atomic E-state index is 5.51. The summed E-state index contributed by atoms with van der Waals surface area (Å²) in [6, 6.07) is 6.52. The van der Waals surface area contributed by atoms with Gasteiger partial charge in [-0.1, -0.05) is 12.1 Å². The number of likely N-dealkylation sites (N-methyl/N-ethyl adjacent to an activating group) is 1. The second-order valence-electron chi connectivity index (χ2n) is 4.84. The molecule has 2 aliphatic rings. The van der Waals surface area contributed by atoms with Crippen molar-refractivity contribution >= 4 is 5.96 Å². The van der Waals surface area contributed by atoms with Crippen molar-refractivity contribution in [1.82, 2.24) is 10.2 Å². The number of nitrogens with one attached hydrogen (secondary N) is 1. The molecule has 0 spiro atoms. The third-order valence-electron chi connectivity index (χ3n) is 3.51. The molecule has 2 heterocycles. The van der Waals surface area contributed by atoms with Crippen LogP contribution in [0.3, 0.4) is 0 Å². The van der Waals surface area contributed by atoms with Crippen LogP contribution in [0.5, 0.6) is 5.75 Å². The Morgan fingerprint density at radius 3 is 3.22 bits per heavy atom. The molecule has 2 aliphatic heterocycles. The molecule has 0 saturated carbocycles. The van der Waals surface area contributed by atoms with E-state index in [4.69, 9.17) is 4.74 Å². The van der Waals surface area contributed by atoms with Gasteiger partial charge in [0.1, 0.15) is 5.75 Å². The van der Waals surface area contributed by atoms with E-state index in [2.05, 4.69) is 40.5 Å². The highest BCUT2D eigenvalue weighted by atomic mass is 16.5. The minimum atomic E-state index is 0.832. The van der Waals surface area contributed by atoms with Crippen LogP contribution in [-0.4, -0.2) is 44.1 Å². The van der Waals surface area contributed by atoms with E-state index in [1.54, 1.807) is 0 Å². The number of aliphatic imine (C=N–C) groups is 1. The molecule has 0 unspecified atom stereocenters. The van der Waals surface area contributed by atoms with E-state index in [1.165, 1.54) is 11.1 Å². The molecule has 4 nitrogen and oxygen atoms in total. The van der Waals surface area contributed by atoms with Gasteiger partial charge in [0.2, 0.25) is 0 Å². The average Bonchev–Trinajstić information content (AvgIpc) is 2.98. The first-order valence-corrected chi connectivity index (χ1v) is 6.57. The van der Waals surface area contributed by atoms with Crippen LogP contribution in [0.2, 0.25) is 0 Å². The van der Waals surface area contributed by atoms with E-state index < -0.39 is 0 Å². The van der Waals surface area contributed by atoms with Crippen LogP contribution in [0.1, 0.15) is 11.1 Å². The van der Waals surface area contributed by atoms with Gasteiger partial charge in [-0.25, -0.2) is 0 Å². The minimum Gasteiger partial charge on any atom is -0.493 e. The lowest BCUT2D eigenvalue weighted by molar-refractivity contribution is 0.357. The molecule has 0 bridgehead atoms. The number of benzene rings is 1. The quantitative estimate of drug-likeness (QED) is 0.865. The molecule has 3 rings (SSSR count). The van der Waals surface area contributed by atoms with Crippen molar-refractivity contribution in [2.45, 2.75) is 12.8 Å². The molecule has 0 atom stereocenters. The maximum Gasteiger partial charge on any atom is 0.193 e. The van der Waals surface area contributed by atoms with E-state index in [0.717, 1.165) is 50.8 Å². The van der Waals surface area contributed by atoms with E-state index in [9.17, 15) is 0 Å². The summed E-state index contributed by atoms with van der Waals surface area (Å²) in [7, 11) is 2.07. The van der Waals surface area contributed by atoms with Crippen molar-refractivity contribution in [3.63, 3.8) is 0 Å². The lowest BCUT2D eigenvalue weighted by atomic mass is 10.1. The summed E-state index contributed by atoms with van der Waals surface area (Å²) in [4.78, 5) is 6.58. The van der Waals surface area contributed by atoms with Gasteiger partial charge in [0, 0.05) is 26.6 Å². The Balaban J connectivity index is 1.54. The van der Waals surface area contributed by atoms with Crippen LogP contribution in [0.15, 0.2) is 23.2 Å². The second-order valence-corrected chi connectivity index (χ2v) is 4.84. The molecule has 0 radical (unpaired) electrons. The Bertz CT molecular complexity index is 470. The highest BCUT2D eigenvalue weighted by molar-refractivity contribution is 5.81. The van der Waals surface area contributed by atoms with Gasteiger partial charge in [-0.15, -0.1) is 0 Å². The SMILES string of the molecule is CN1CCN=C1NCCc1ccc2c(c1)CCO2. The van der Waals surface area contributed by atoms with Crippen molar-refractivity contribution in [3.05, 3.63) is 29.3 Å². The highest BCUT2D eigenvalue weighted by Gasteiger charge is 2.13. The molecule has 0 aromatic heterocycles. The van der Waals surface area contributed by atoms with Gasteiger partial charge in [-0.05, 0) is 23.6 Å². The Kier molecular flexibility index (Phi) is 3.09. The molecule has 1 aromatic rings. The Morgan fingerprint density at radius 1 is 1.44 bits per heavy atom. The van der Waals surface area contributed by atoms with Crippen LogP contribution in [-0.2, 0) is 12.8 Å². The lowest BCUT2D eigenvalue weighted by Crippen LogP contribution is -2.36. The summed E-state index contributed by atoms with van der Waals surface area (Å²) in [5.41, 5.74) is 2.72. The second kappa shape index (κ2) is 4.88. The molecule has 0 amide bonds. The fourth-order valence-electron chi connectivity index (χ4n) is 2.44. The molecule has 0 fully saturated rings. The normalized spacial score (nSPS) is 17.4. The molecular weight excluding hydrogens is 226 g/mol. The zero-order chi connectivity index (χ0) is 12.4. The summed E-state index contributed by atoms with van der Waals surface area (Å²) in [5.74, 6) is 2.09. The Morgan fingerprint density at radius 2 is 2.39 bits per heavy atom. The van der Waals surface area contributed by atoms with Crippen LogP contribution < -0.4 is 10.1 Å². The molecular formula is C14H19N3O. The molecule has 0 saturated heterocycles. The van der Waals surface area contributed by atoms with Crippen molar-refractivity contribution < 1.29 is 4.74 Å². The number of nitrogens with zero attached hydrogens (tertiary/aromatic N) is 2. The fraction of sp³-hybridized carbons (Fsp3) is 0.500. The van der Waals surface area contributed by atoms with Gasteiger partial charge in [-0.3, -0.25) is 4.99 Å². The number of rotatable bonds is 3. The predicted molar refractivity (Wildman–Crippen MR) is 72.3 cm³/mol. The van der Waals surface area contributed by atoms with Crippen LogP contribution >= 0.6 is 0 Å². The smallest absolute Gasteiger partial charge is 0.193 e. The predicted octanol–water partition coefficient (Wildman–Crippen LogP) is 1.05. The number of ether oxygens (including phenoxy) is 1. The zero-order valence-electron chi connectivity index (χ0n) is 10.8. The minimum absolute atomic E-state index is 0.832. The fourth-order valence-corrected chi connectivity index (χ4v) is 2.44. The Labute approximate surface area is 108 Å². The average molecular weight is 245 g/mol. The summed E-state index contributed by atoms with van der Waals surface area (Å²) >= 11 is 0. The van der Waals surface area contributed by atoms with Gasteiger partial charge in [-0.2, -0.15) is 0 Å². The monoisotopic (exact) mass is 245 g/mol. The first kappa shape index (κ1) is 11.4. The first-order chi connectivity index (χ1) is 8.83. The largest absolute Gasteiger partial charge is 0.493 e. The van der Waals surface area contributed by atoms with Crippen molar-refractivity contribution in [2.24, 2.45) is 4.99 Å². The van der Waals surface area contributed by atoms with Gasteiger partial charge >= 0.3 is 0 Å².